The highest BCUT2D eigenvalue weighted by Crippen LogP contribution is 2.15. The van der Waals surface area contributed by atoms with E-state index in [0.717, 1.165) is 42.9 Å². The van der Waals surface area contributed by atoms with Gasteiger partial charge >= 0.3 is 0 Å². The molecule has 8 heteroatoms. The summed E-state index contributed by atoms with van der Waals surface area (Å²) in [5.74, 6) is 3.83. The van der Waals surface area contributed by atoms with Crippen molar-refractivity contribution in [3.05, 3.63) is 41.5 Å². The van der Waals surface area contributed by atoms with E-state index < -0.39 is 0 Å². The molecule has 27 heavy (non-hydrogen) atoms. The lowest BCUT2D eigenvalue weighted by molar-refractivity contribution is 0.340. The standard InChI is InChI=1S/C19H28N6O.HI/c1-4-26-16-10-8-15(9-11-16)14-24(3)19(20-2)21-13-18-23-22-17-7-5-6-12-25(17)18;/h8-11H,4-7,12-14H2,1-3H3,(H,20,21);1H. The molecule has 3 rings (SSSR count). The van der Waals surface area contributed by atoms with E-state index in [4.69, 9.17) is 4.74 Å². The normalized spacial score (nSPS) is 13.5. The van der Waals surface area contributed by atoms with Gasteiger partial charge in [-0.3, -0.25) is 4.99 Å². The summed E-state index contributed by atoms with van der Waals surface area (Å²) < 4.78 is 7.73. The van der Waals surface area contributed by atoms with E-state index in [1.807, 2.05) is 26.1 Å². The van der Waals surface area contributed by atoms with Crippen LogP contribution in [0.5, 0.6) is 5.75 Å². The van der Waals surface area contributed by atoms with Gasteiger partial charge < -0.3 is 19.5 Å². The zero-order valence-electron chi connectivity index (χ0n) is 16.3. The monoisotopic (exact) mass is 484 g/mol. The Morgan fingerprint density at radius 2 is 2.04 bits per heavy atom. The van der Waals surface area contributed by atoms with Crippen molar-refractivity contribution in [3.63, 3.8) is 0 Å². The lowest BCUT2D eigenvalue weighted by atomic mass is 10.2. The van der Waals surface area contributed by atoms with Crippen LogP contribution < -0.4 is 10.1 Å². The second-order valence-electron chi connectivity index (χ2n) is 6.47. The van der Waals surface area contributed by atoms with Crippen LogP contribution in [-0.2, 0) is 26.1 Å². The number of ether oxygens (including phenoxy) is 1. The van der Waals surface area contributed by atoms with Crippen molar-refractivity contribution < 1.29 is 4.74 Å². The number of rotatable bonds is 6. The zero-order chi connectivity index (χ0) is 18.4. The third kappa shape index (κ3) is 5.57. The summed E-state index contributed by atoms with van der Waals surface area (Å²) in [6, 6.07) is 8.18. The Labute approximate surface area is 178 Å². The lowest BCUT2D eigenvalue weighted by Crippen LogP contribution is -2.38. The number of aryl methyl sites for hydroxylation is 1. The molecule has 0 fully saturated rings. The Hall–Kier alpha value is -1.84. The first kappa shape index (κ1) is 21.5. The largest absolute Gasteiger partial charge is 0.494 e. The first-order valence-corrected chi connectivity index (χ1v) is 9.25. The van der Waals surface area contributed by atoms with Crippen LogP contribution >= 0.6 is 24.0 Å². The van der Waals surface area contributed by atoms with E-state index in [2.05, 4.69) is 42.1 Å². The van der Waals surface area contributed by atoms with Crippen molar-refractivity contribution in [1.82, 2.24) is 25.0 Å². The fourth-order valence-corrected chi connectivity index (χ4v) is 3.25. The Bertz CT molecular complexity index is 743. The summed E-state index contributed by atoms with van der Waals surface area (Å²) in [4.78, 5) is 6.49. The minimum Gasteiger partial charge on any atom is -0.494 e. The van der Waals surface area contributed by atoms with Gasteiger partial charge in [-0.2, -0.15) is 0 Å². The van der Waals surface area contributed by atoms with Crippen LogP contribution in [0.3, 0.4) is 0 Å². The average Bonchev–Trinajstić information content (AvgIpc) is 3.07. The predicted molar refractivity (Wildman–Crippen MR) is 118 cm³/mol. The maximum atomic E-state index is 5.49. The van der Waals surface area contributed by atoms with Gasteiger partial charge in [-0.1, -0.05) is 12.1 Å². The van der Waals surface area contributed by atoms with Crippen LogP contribution in [0.1, 0.15) is 37.0 Å². The van der Waals surface area contributed by atoms with Gasteiger partial charge in [-0.15, -0.1) is 34.2 Å². The van der Waals surface area contributed by atoms with Crippen molar-refractivity contribution in [2.24, 2.45) is 4.99 Å². The second kappa shape index (κ2) is 10.5. The van der Waals surface area contributed by atoms with Crippen molar-refractivity contribution in [2.45, 2.75) is 45.8 Å². The zero-order valence-corrected chi connectivity index (χ0v) is 18.6. The van der Waals surface area contributed by atoms with Crippen molar-refractivity contribution in [2.75, 3.05) is 20.7 Å². The number of benzene rings is 1. The summed E-state index contributed by atoms with van der Waals surface area (Å²) in [6.45, 7) is 5.09. The molecular weight excluding hydrogens is 455 g/mol. The Balaban J connectivity index is 0.00000261. The summed E-state index contributed by atoms with van der Waals surface area (Å²) in [7, 11) is 3.83. The summed E-state index contributed by atoms with van der Waals surface area (Å²) in [5, 5.41) is 12.0. The Kier molecular flexibility index (Phi) is 8.33. The summed E-state index contributed by atoms with van der Waals surface area (Å²) >= 11 is 0. The number of nitrogens with zero attached hydrogens (tertiary/aromatic N) is 5. The van der Waals surface area contributed by atoms with Gasteiger partial charge in [0, 0.05) is 33.6 Å². The number of halogens is 1. The number of fused-ring (bicyclic) bond motifs is 1. The highest BCUT2D eigenvalue weighted by Gasteiger charge is 2.16. The van der Waals surface area contributed by atoms with Crippen molar-refractivity contribution >= 4 is 29.9 Å². The molecule has 1 aromatic heterocycles. The fraction of sp³-hybridized carbons (Fsp3) is 0.526. The lowest BCUT2D eigenvalue weighted by Gasteiger charge is -2.22. The van der Waals surface area contributed by atoms with Gasteiger partial charge in [0.15, 0.2) is 11.8 Å². The highest BCUT2D eigenvalue weighted by molar-refractivity contribution is 14.0. The number of aliphatic imine (C=N–C) groups is 1. The topological polar surface area (TPSA) is 67.6 Å². The smallest absolute Gasteiger partial charge is 0.194 e. The molecule has 2 aromatic rings. The van der Waals surface area contributed by atoms with E-state index in [1.54, 1.807) is 7.05 Å². The SMILES string of the molecule is CCOc1ccc(CN(C)C(=NC)NCc2nnc3n2CCCC3)cc1.I. The minimum atomic E-state index is 0. The maximum absolute atomic E-state index is 5.49. The molecule has 0 saturated heterocycles. The Morgan fingerprint density at radius 3 is 2.74 bits per heavy atom. The molecule has 148 valence electrons. The van der Waals surface area contributed by atoms with E-state index in [9.17, 15) is 0 Å². The van der Waals surface area contributed by atoms with Crippen LogP contribution in [-0.4, -0.2) is 46.3 Å². The third-order valence-electron chi connectivity index (χ3n) is 4.57. The highest BCUT2D eigenvalue weighted by atomic mass is 127. The molecule has 1 aromatic carbocycles. The minimum absolute atomic E-state index is 0. The van der Waals surface area contributed by atoms with E-state index in [0.29, 0.717) is 13.2 Å². The number of nitrogens with one attached hydrogen (secondary N) is 1. The number of hydrogen-bond acceptors (Lipinski definition) is 4. The molecular formula is C19H29IN6O. The number of aromatic nitrogens is 3. The molecule has 0 amide bonds. The van der Waals surface area contributed by atoms with E-state index in [-0.39, 0.29) is 24.0 Å². The second-order valence-corrected chi connectivity index (χ2v) is 6.47. The molecule has 1 aliphatic rings. The summed E-state index contributed by atoms with van der Waals surface area (Å²) in [5.41, 5.74) is 1.21. The van der Waals surface area contributed by atoms with Gasteiger partial charge in [0.25, 0.3) is 0 Å². The molecule has 2 heterocycles. The van der Waals surface area contributed by atoms with Gasteiger partial charge in [0.05, 0.1) is 13.2 Å². The first-order valence-electron chi connectivity index (χ1n) is 9.25. The third-order valence-corrected chi connectivity index (χ3v) is 4.57. The molecule has 1 N–H and O–H groups in total. The fourth-order valence-electron chi connectivity index (χ4n) is 3.25. The van der Waals surface area contributed by atoms with Crippen molar-refractivity contribution in [1.29, 1.82) is 0 Å². The van der Waals surface area contributed by atoms with E-state index in [1.165, 1.54) is 18.4 Å². The maximum Gasteiger partial charge on any atom is 0.194 e. The molecule has 0 unspecified atom stereocenters. The molecule has 0 atom stereocenters. The predicted octanol–water partition coefficient (Wildman–Crippen LogP) is 2.84. The molecule has 1 aliphatic heterocycles. The van der Waals surface area contributed by atoms with Gasteiger partial charge in [-0.25, -0.2) is 0 Å². The molecule has 0 spiro atoms. The molecule has 7 nitrogen and oxygen atoms in total. The Morgan fingerprint density at radius 1 is 1.26 bits per heavy atom. The quantitative estimate of drug-likeness (QED) is 0.388. The summed E-state index contributed by atoms with van der Waals surface area (Å²) in [6.07, 6.45) is 3.43. The number of guanidine groups is 1. The molecule has 0 saturated carbocycles. The number of hydrogen-bond donors (Lipinski definition) is 1. The van der Waals surface area contributed by atoms with Gasteiger partial charge in [0.2, 0.25) is 0 Å². The van der Waals surface area contributed by atoms with Crippen LogP contribution in [0.4, 0.5) is 0 Å². The molecule has 0 aliphatic carbocycles. The van der Waals surface area contributed by atoms with Gasteiger partial charge in [0.1, 0.15) is 11.6 Å². The first-order chi connectivity index (χ1) is 12.7. The average molecular weight is 484 g/mol. The van der Waals surface area contributed by atoms with Crippen LogP contribution in [0, 0.1) is 0 Å². The van der Waals surface area contributed by atoms with E-state index >= 15 is 0 Å². The molecule has 0 bridgehead atoms. The molecule has 0 radical (unpaired) electrons. The van der Waals surface area contributed by atoms with Crippen LogP contribution in [0.15, 0.2) is 29.3 Å². The van der Waals surface area contributed by atoms with Crippen LogP contribution in [0.2, 0.25) is 0 Å². The van der Waals surface area contributed by atoms with Crippen LogP contribution in [0.25, 0.3) is 0 Å². The van der Waals surface area contributed by atoms with Crippen molar-refractivity contribution in [3.8, 4) is 5.75 Å². The van der Waals surface area contributed by atoms with Gasteiger partial charge in [-0.05, 0) is 37.5 Å².